The van der Waals surface area contributed by atoms with E-state index in [4.69, 9.17) is 9.15 Å². The van der Waals surface area contributed by atoms with E-state index in [1.54, 1.807) is 0 Å². The fraction of sp³-hybridized carbons (Fsp3) is 0.286. The molecule has 0 aliphatic rings. The Morgan fingerprint density at radius 2 is 1.70 bits per heavy atom. The molecular formula is C21H23N3O3. The zero-order valence-corrected chi connectivity index (χ0v) is 15.5. The number of ether oxygens (including phenoxy) is 1. The lowest BCUT2D eigenvalue weighted by atomic mass is 10.1. The second-order valence-corrected chi connectivity index (χ2v) is 6.45. The van der Waals surface area contributed by atoms with Gasteiger partial charge in [0.15, 0.2) is 0 Å². The van der Waals surface area contributed by atoms with Crippen molar-refractivity contribution in [1.29, 1.82) is 0 Å². The van der Waals surface area contributed by atoms with E-state index in [0.717, 1.165) is 11.1 Å². The molecule has 0 aliphatic heterocycles. The third-order valence-electron chi connectivity index (χ3n) is 4.23. The van der Waals surface area contributed by atoms with E-state index in [1.807, 2.05) is 55.5 Å². The average molecular weight is 365 g/mol. The summed E-state index contributed by atoms with van der Waals surface area (Å²) in [6.07, 6.45) is 0. The van der Waals surface area contributed by atoms with Gasteiger partial charge in [0.25, 0.3) is 0 Å². The molecule has 6 heteroatoms. The number of nitrogens with zero attached hydrogens (tertiary/aromatic N) is 3. The lowest BCUT2D eigenvalue weighted by Gasteiger charge is -2.23. The standard InChI is InChI=1S/C21H23N3O3/c1-16(21(25)26-2)13-24(14-17-9-5-3-6-10-17)15-19-22-23-20(27-19)18-11-7-4-8-12-18/h3-12,16H,13-15H2,1-2H3/t16-/m1/s1. The number of benzene rings is 2. The summed E-state index contributed by atoms with van der Waals surface area (Å²) in [5.41, 5.74) is 2.03. The molecule has 0 bridgehead atoms. The molecule has 0 fully saturated rings. The highest BCUT2D eigenvalue weighted by atomic mass is 16.5. The molecule has 1 atom stereocenters. The molecule has 0 spiro atoms. The molecule has 3 aromatic rings. The van der Waals surface area contributed by atoms with Crippen LogP contribution in [0.15, 0.2) is 65.1 Å². The van der Waals surface area contributed by atoms with Crippen molar-refractivity contribution in [3.63, 3.8) is 0 Å². The second kappa shape index (κ2) is 9.09. The fourth-order valence-electron chi connectivity index (χ4n) is 2.90. The SMILES string of the molecule is COC(=O)[C@H](C)CN(Cc1ccccc1)Cc1nnc(-c2ccccc2)o1. The van der Waals surface area contributed by atoms with Crippen LogP contribution in [0.2, 0.25) is 0 Å². The number of esters is 1. The van der Waals surface area contributed by atoms with E-state index in [9.17, 15) is 4.79 Å². The maximum Gasteiger partial charge on any atom is 0.309 e. The van der Waals surface area contributed by atoms with Crippen molar-refractivity contribution >= 4 is 5.97 Å². The van der Waals surface area contributed by atoms with Gasteiger partial charge in [0.05, 0.1) is 19.6 Å². The van der Waals surface area contributed by atoms with E-state index in [-0.39, 0.29) is 11.9 Å². The first kappa shape index (κ1) is 18.8. The van der Waals surface area contributed by atoms with Gasteiger partial charge in [-0.2, -0.15) is 0 Å². The molecule has 1 heterocycles. The fourth-order valence-corrected chi connectivity index (χ4v) is 2.90. The Kier molecular flexibility index (Phi) is 6.33. The third-order valence-corrected chi connectivity index (χ3v) is 4.23. The molecule has 3 rings (SSSR count). The molecule has 2 aromatic carbocycles. The molecule has 0 N–H and O–H groups in total. The number of aromatic nitrogens is 2. The van der Waals surface area contributed by atoms with E-state index in [1.165, 1.54) is 7.11 Å². The van der Waals surface area contributed by atoms with Crippen molar-refractivity contribution < 1.29 is 13.9 Å². The molecule has 0 aliphatic carbocycles. The van der Waals surface area contributed by atoms with Crippen LogP contribution in [-0.4, -0.2) is 34.7 Å². The minimum Gasteiger partial charge on any atom is -0.469 e. The van der Waals surface area contributed by atoms with Crippen LogP contribution in [0.4, 0.5) is 0 Å². The van der Waals surface area contributed by atoms with Gasteiger partial charge in [-0.1, -0.05) is 55.5 Å². The van der Waals surface area contributed by atoms with Crippen molar-refractivity contribution in [2.45, 2.75) is 20.0 Å². The largest absolute Gasteiger partial charge is 0.469 e. The topological polar surface area (TPSA) is 68.5 Å². The first-order valence-corrected chi connectivity index (χ1v) is 8.87. The molecule has 0 saturated carbocycles. The van der Waals surface area contributed by atoms with E-state index >= 15 is 0 Å². The predicted molar refractivity (Wildman–Crippen MR) is 101 cm³/mol. The van der Waals surface area contributed by atoms with Crippen LogP contribution < -0.4 is 0 Å². The zero-order valence-electron chi connectivity index (χ0n) is 15.5. The molecule has 0 saturated heterocycles. The van der Waals surface area contributed by atoms with Gasteiger partial charge in [-0.3, -0.25) is 9.69 Å². The summed E-state index contributed by atoms with van der Waals surface area (Å²) in [5.74, 6) is 0.520. The minimum absolute atomic E-state index is 0.233. The smallest absolute Gasteiger partial charge is 0.309 e. The van der Waals surface area contributed by atoms with Crippen molar-refractivity contribution in [3.8, 4) is 11.5 Å². The van der Waals surface area contributed by atoms with E-state index < -0.39 is 0 Å². The van der Waals surface area contributed by atoms with Crippen molar-refractivity contribution in [3.05, 3.63) is 72.1 Å². The minimum atomic E-state index is -0.254. The lowest BCUT2D eigenvalue weighted by Crippen LogP contribution is -2.32. The Hall–Kier alpha value is -2.99. The van der Waals surface area contributed by atoms with Crippen LogP contribution in [-0.2, 0) is 22.6 Å². The van der Waals surface area contributed by atoms with Crippen LogP contribution >= 0.6 is 0 Å². The Balaban J connectivity index is 1.74. The van der Waals surface area contributed by atoms with Gasteiger partial charge in [-0.05, 0) is 17.7 Å². The van der Waals surface area contributed by atoms with E-state index in [0.29, 0.717) is 31.4 Å². The number of rotatable bonds is 8. The molecule has 27 heavy (non-hydrogen) atoms. The summed E-state index contributed by atoms with van der Waals surface area (Å²) in [7, 11) is 1.41. The average Bonchev–Trinajstić information content (AvgIpc) is 3.17. The van der Waals surface area contributed by atoms with Gasteiger partial charge in [0.2, 0.25) is 11.8 Å². The van der Waals surface area contributed by atoms with Gasteiger partial charge >= 0.3 is 5.97 Å². The third kappa shape index (κ3) is 5.24. The summed E-state index contributed by atoms with van der Waals surface area (Å²) in [4.78, 5) is 14.0. The van der Waals surface area contributed by atoms with Gasteiger partial charge in [-0.15, -0.1) is 10.2 Å². The number of carbonyl (C=O) groups is 1. The summed E-state index contributed by atoms with van der Waals surface area (Å²) < 4.78 is 10.7. The number of hydrogen-bond acceptors (Lipinski definition) is 6. The van der Waals surface area contributed by atoms with Crippen LogP contribution in [0.25, 0.3) is 11.5 Å². The Labute approximate surface area is 158 Å². The monoisotopic (exact) mass is 365 g/mol. The summed E-state index contributed by atoms with van der Waals surface area (Å²) in [5, 5.41) is 8.31. The molecular weight excluding hydrogens is 342 g/mol. The molecule has 0 amide bonds. The Morgan fingerprint density at radius 1 is 1.04 bits per heavy atom. The summed E-state index contributed by atoms with van der Waals surface area (Å²) in [6, 6.07) is 19.7. The normalized spacial score (nSPS) is 12.1. The summed E-state index contributed by atoms with van der Waals surface area (Å²) in [6.45, 7) is 3.51. The zero-order chi connectivity index (χ0) is 19.1. The van der Waals surface area contributed by atoms with Crippen molar-refractivity contribution in [2.75, 3.05) is 13.7 Å². The van der Waals surface area contributed by atoms with Gasteiger partial charge in [0.1, 0.15) is 0 Å². The number of carbonyl (C=O) groups excluding carboxylic acids is 1. The first-order chi connectivity index (χ1) is 13.2. The van der Waals surface area contributed by atoms with Crippen molar-refractivity contribution in [2.24, 2.45) is 5.92 Å². The van der Waals surface area contributed by atoms with Crippen LogP contribution in [0.5, 0.6) is 0 Å². The number of methoxy groups -OCH3 is 1. The maximum atomic E-state index is 11.8. The second-order valence-electron chi connectivity index (χ2n) is 6.45. The molecule has 0 unspecified atom stereocenters. The quantitative estimate of drug-likeness (QED) is 0.569. The maximum absolute atomic E-state index is 11.8. The Bertz CT molecular complexity index is 849. The predicted octanol–water partition coefficient (Wildman–Crippen LogP) is 3.55. The van der Waals surface area contributed by atoms with Crippen molar-refractivity contribution in [1.82, 2.24) is 15.1 Å². The van der Waals surface area contributed by atoms with Crippen LogP contribution in [0.3, 0.4) is 0 Å². The van der Waals surface area contributed by atoms with Gasteiger partial charge in [0, 0.05) is 18.7 Å². The van der Waals surface area contributed by atoms with Crippen LogP contribution in [0, 0.1) is 5.92 Å². The summed E-state index contributed by atoms with van der Waals surface area (Å²) >= 11 is 0. The first-order valence-electron chi connectivity index (χ1n) is 8.87. The number of hydrogen-bond donors (Lipinski definition) is 0. The molecule has 0 radical (unpaired) electrons. The van der Waals surface area contributed by atoms with Gasteiger partial charge in [-0.25, -0.2) is 0 Å². The van der Waals surface area contributed by atoms with E-state index in [2.05, 4.69) is 27.2 Å². The van der Waals surface area contributed by atoms with Gasteiger partial charge < -0.3 is 9.15 Å². The highest BCUT2D eigenvalue weighted by molar-refractivity contribution is 5.72. The molecule has 1 aromatic heterocycles. The Morgan fingerprint density at radius 3 is 2.37 bits per heavy atom. The molecule has 140 valence electrons. The molecule has 6 nitrogen and oxygen atoms in total. The van der Waals surface area contributed by atoms with Crippen LogP contribution in [0.1, 0.15) is 18.4 Å². The highest BCUT2D eigenvalue weighted by Crippen LogP contribution is 2.19. The lowest BCUT2D eigenvalue weighted by molar-refractivity contribution is -0.145. The highest BCUT2D eigenvalue weighted by Gasteiger charge is 2.20.